The van der Waals surface area contributed by atoms with Crippen molar-refractivity contribution in [3.63, 3.8) is 0 Å². The second kappa shape index (κ2) is 9.28. The highest BCUT2D eigenvalue weighted by atomic mass is 32.2. The van der Waals surface area contributed by atoms with Crippen LogP contribution in [-0.2, 0) is 10.0 Å². The Kier molecular flexibility index (Phi) is 6.60. The average molecular weight is 489 g/mol. The van der Waals surface area contributed by atoms with E-state index in [0.717, 1.165) is 34.4 Å². The first-order chi connectivity index (χ1) is 15.6. The highest BCUT2D eigenvalue weighted by Gasteiger charge is 2.33. The summed E-state index contributed by atoms with van der Waals surface area (Å²) < 4.78 is 41.4. The van der Waals surface area contributed by atoms with E-state index in [1.807, 2.05) is 26.8 Å². The zero-order valence-electron chi connectivity index (χ0n) is 18.6. The molecule has 1 atom stereocenters. The third-order valence-corrected chi connectivity index (χ3v) is 8.97. The van der Waals surface area contributed by atoms with Crippen molar-refractivity contribution in [1.29, 1.82) is 0 Å². The average Bonchev–Trinajstić information content (AvgIpc) is 3.28. The molecule has 0 aliphatic carbocycles. The standard InChI is InChI=1S/C23H25FN4O3S2/c1-14-11-16(3)20(12-15(14)2)33(30,31)28-10-4-5-17(13-28)22-26-27-23(32-22)21(29)25-19-8-6-18(24)7-9-19/h6-9,11-12,17H,4-5,10,13H2,1-3H3,(H,25,29)/t17-/m1/s1. The lowest BCUT2D eigenvalue weighted by Crippen LogP contribution is -2.39. The SMILES string of the molecule is Cc1cc(C)c(S(=O)(=O)N2CCC[C@@H](c3nnc(C(=O)Nc4ccc(F)cc4)s3)C2)cc1C. The lowest BCUT2D eigenvalue weighted by atomic mass is 10.0. The second-order valence-electron chi connectivity index (χ2n) is 8.31. The van der Waals surface area contributed by atoms with Gasteiger partial charge in [0, 0.05) is 24.7 Å². The van der Waals surface area contributed by atoms with E-state index in [1.54, 1.807) is 6.07 Å². The van der Waals surface area contributed by atoms with Crippen molar-refractivity contribution in [2.75, 3.05) is 18.4 Å². The van der Waals surface area contributed by atoms with Crippen LogP contribution in [0.2, 0.25) is 0 Å². The van der Waals surface area contributed by atoms with Crippen LogP contribution in [-0.4, -0.2) is 41.9 Å². The minimum atomic E-state index is -3.65. The normalized spacial score (nSPS) is 17.2. The molecule has 1 fully saturated rings. The summed E-state index contributed by atoms with van der Waals surface area (Å²) in [6, 6.07) is 9.10. The Bertz CT molecular complexity index is 1290. The van der Waals surface area contributed by atoms with Crippen molar-refractivity contribution < 1.29 is 17.6 Å². The fourth-order valence-electron chi connectivity index (χ4n) is 3.92. The summed E-state index contributed by atoms with van der Waals surface area (Å²) >= 11 is 1.16. The number of amides is 1. The number of anilines is 1. The lowest BCUT2D eigenvalue weighted by Gasteiger charge is -2.31. The van der Waals surface area contributed by atoms with Gasteiger partial charge in [-0.25, -0.2) is 12.8 Å². The number of rotatable bonds is 5. The number of benzene rings is 2. The molecule has 10 heteroatoms. The molecular weight excluding hydrogens is 463 g/mol. The van der Waals surface area contributed by atoms with Crippen molar-refractivity contribution in [3.8, 4) is 0 Å². The molecule has 1 aliphatic rings. The van der Waals surface area contributed by atoms with Crippen molar-refractivity contribution in [3.05, 3.63) is 68.9 Å². The van der Waals surface area contributed by atoms with E-state index in [2.05, 4.69) is 15.5 Å². The van der Waals surface area contributed by atoms with Gasteiger partial charge in [0.25, 0.3) is 5.91 Å². The Morgan fingerprint density at radius 1 is 1.09 bits per heavy atom. The van der Waals surface area contributed by atoms with E-state index < -0.39 is 15.9 Å². The van der Waals surface area contributed by atoms with Gasteiger partial charge in [0.1, 0.15) is 10.8 Å². The zero-order valence-corrected chi connectivity index (χ0v) is 20.3. The van der Waals surface area contributed by atoms with Gasteiger partial charge < -0.3 is 5.32 Å². The molecule has 0 saturated carbocycles. The van der Waals surface area contributed by atoms with E-state index in [4.69, 9.17) is 0 Å². The minimum Gasteiger partial charge on any atom is -0.320 e. The Hall–Kier alpha value is -2.69. The largest absolute Gasteiger partial charge is 0.320 e. The number of piperidine rings is 1. The van der Waals surface area contributed by atoms with E-state index in [1.165, 1.54) is 28.6 Å². The topological polar surface area (TPSA) is 92.3 Å². The number of halogens is 1. The van der Waals surface area contributed by atoms with Gasteiger partial charge in [-0.3, -0.25) is 4.79 Å². The summed E-state index contributed by atoms with van der Waals surface area (Å²) in [5.41, 5.74) is 3.18. The summed E-state index contributed by atoms with van der Waals surface area (Å²) in [5.74, 6) is -0.958. The monoisotopic (exact) mass is 488 g/mol. The number of nitrogens with one attached hydrogen (secondary N) is 1. The van der Waals surface area contributed by atoms with Gasteiger partial charge in [0.05, 0.1) is 4.90 Å². The smallest absolute Gasteiger partial charge is 0.286 e. The molecule has 0 bridgehead atoms. The number of carbonyl (C=O) groups is 1. The summed E-state index contributed by atoms with van der Waals surface area (Å²) in [6.07, 6.45) is 1.47. The van der Waals surface area contributed by atoms with Crippen LogP contribution in [0.3, 0.4) is 0 Å². The Morgan fingerprint density at radius 3 is 2.52 bits per heavy atom. The molecule has 1 N–H and O–H groups in total. The van der Waals surface area contributed by atoms with Crippen LogP contribution in [0.15, 0.2) is 41.3 Å². The van der Waals surface area contributed by atoms with Crippen molar-refractivity contribution in [2.24, 2.45) is 0 Å². The molecular formula is C23H25FN4O3S2. The van der Waals surface area contributed by atoms with Crippen LogP contribution in [0, 0.1) is 26.6 Å². The van der Waals surface area contributed by atoms with Crippen molar-refractivity contribution >= 4 is 33.0 Å². The van der Waals surface area contributed by atoms with Gasteiger partial charge in [0.15, 0.2) is 0 Å². The molecule has 1 aliphatic heterocycles. The number of nitrogens with zero attached hydrogens (tertiary/aromatic N) is 3. The maximum absolute atomic E-state index is 13.4. The number of hydrogen-bond donors (Lipinski definition) is 1. The molecule has 2 heterocycles. The molecule has 0 spiro atoms. The molecule has 1 aromatic heterocycles. The summed E-state index contributed by atoms with van der Waals surface area (Å²) in [5, 5.41) is 11.7. The molecule has 7 nitrogen and oxygen atoms in total. The van der Waals surface area contributed by atoms with E-state index >= 15 is 0 Å². The first kappa shape index (κ1) is 23.5. The molecule has 0 radical (unpaired) electrons. The first-order valence-corrected chi connectivity index (χ1v) is 12.9. The van der Waals surface area contributed by atoms with Gasteiger partial charge in [0.2, 0.25) is 15.0 Å². The Balaban J connectivity index is 1.50. The van der Waals surface area contributed by atoms with Gasteiger partial charge in [-0.15, -0.1) is 10.2 Å². The number of sulfonamides is 1. The zero-order chi connectivity index (χ0) is 23.8. The van der Waals surface area contributed by atoms with Crippen LogP contribution in [0.5, 0.6) is 0 Å². The van der Waals surface area contributed by atoms with Gasteiger partial charge >= 0.3 is 0 Å². The molecule has 2 aromatic carbocycles. The van der Waals surface area contributed by atoms with Crippen molar-refractivity contribution in [1.82, 2.24) is 14.5 Å². The number of hydrogen-bond acceptors (Lipinski definition) is 6. The first-order valence-electron chi connectivity index (χ1n) is 10.6. The molecule has 1 amide bonds. The molecule has 1 saturated heterocycles. The lowest BCUT2D eigenvalue weighted by molar-refractivity contribution is 0.102. The van der Waals surface area contributed by atoms with Crippen LogP contribution in [0.1, 0.15) is 50.3 Å². The van der Waals surface area contributed by atoms with E-state index in [9.17, 15) is 17.6 Å². The molecule has 174 valence electrons. The number of aryl methyl sites for hydroxylation is 3. The third-order valence-electron chi connectivity index (χ3n) is 5.88. The van der Waals surface area contributed by atoms with Gasteiger partial charge in [-0.05, 0) is 80.6 Å². The van der Waals surface area contributed by atoms with Gasteiger partial charge in [-0.2, -0.15) is 4.31 Å². The number of aromatic nitrogens is 2. The van der Waals surface area contributed by atoms with E-state index in [0.29, 0.717) is 35.1 Å². The Morgan fingerprint density at radius 2 is 1.79 bits per heavy atom. The maximum atomic E-state index is 13.4. The third kappa shape index (κ3) is 4.97. The predicted molar refractivity (Wildman–Crippen MR) is 126 cm³/mol. The molecule has 0 unspecified atom stereocenters. The fourth-order valence-corrected chi connectivity index (χ4v) is 6.60. The molecule has 4 rings (SSSR count). The summed E-state index contributed by atoms with van der Waals surface area (Å²) in [6.45, 7) is 6.43. The van der Waals surface area contributed by atoms with Crippen LogP contribution < -0.4 is 5.32 Å². The van der Waals surface area contributed by atoms with E-state index in [-0.39, 0.29) is 16.7 Å². The highest BCUT2D eigenvalue weighted by Crippen LogP contribution is 2.33. The van der Waals surface area contributed by atoms with Crippen LogP contribution >= 0.6 is 11.3 Å². The van der Waals surface area contributed by atoms with Crippen molar-refractivity contribution in [2.45, 2.75) is 44.4 Å². The Labute approximate surface area is 196 Å². The van der Waals surface area contributed by atoms with Gasteiger partial charge in [-0.1, -0.05) is 17.4 Å². The second-order valence-corrected chi connectivity index (χ2v) is 11.2. The number of carbonyl (C=O) groups excluding carboxylic acids is 1. The maximum Gasteiger partial charge on any atom is 0.286 e. The van der Waals surface area contributed by atoms with Crippen LogP contribution in [0.4, 0.5) is 10.1 Å². The quantitative estimate of drug-likeness (QED) is 0.574. The van der Waals surface area contributed by atoms with Crippen LogP contribution in [0.25, 0.3) is 0 Å². The minimum absolute atomic E-state index is 0.134. The molecule has 33 heavy (non-hydrogen) atoms. The summed E-state index contributed by atoms with van der Waals surface area (Å²) in [4.78, 5) is 12.8. The molecule has 3 aromatic rings. The fraction of sp³-hybridized carbons (Fsp3) is 0.348. The summed E-state index contributed by atoms with van der Waals surface area (Å²) in [7, 11) is -3.65. The highest BCUT2D eigenvalue weighted by molar-refractivity contribution is 7.89. The predicted octanol–water partition coefficient (Wildman–Crippen LogP) is 4.42.